The fraction of sp³-hybridized carbons (Fsp3) is 0.238. The standard InChI is InChI=1S/C21H20FNO3S/c1-14(7-8-15-5-3-2-4-6-15)23-20(24)13-26-21(25)19-12-16-11-17(22)9-10-18(16)27-19/h2-6,9-12,14H,7-8,13H2,1H3,(H,23,24)/t14-/m0/s1. The van der Waals surface area contributed by atoms with Gasteiger partial charge in [-0.25, -0.2) is 9.18 Å². The van der Waals surface area contributed by atoms with E-state index in [0.717, 1.165) is 17.5 Å². The summed E-state index contributed by atoms with van der Waals surface area (Å²) in [6.45, 7) is 1.58. The Morgan fingerprint density at radius 1 is 1.15 bits per heavy atom. The Morgan fingerprint density at radius 2 is 1.93 bits per heavy atom. The Labute approximate surface area is 161 Å². The number of esters is 1. The van der Waals surface area contributed by atoms with Crippen LogP contribution in [0, 0.1) is 5.82 Å². The summed E-state index contributed by atoms with van der Waals surface area (Å²) >= 11 is 1.21. The molecule has 1 N–H and O–H groups in total. The third-order valence-electron chi connectivity index (χ3n) is 4.13. The maximum atomic E-state index is 13.2. The van der Waals surface area contributed by atoms with Crippen LogP contribution in [-0.2, 0) is 16.0 Å². The van der Waals surface area contributed by atoms with E-state index in [0.29, 0.717) is 10.3 Å². The molecular formula is C21H20FNO3S. The number of carbonyl (C=O) groups excluding carboxylic acids is 2. The topological polar surface area (TPSA) is 55.4 Å². The van der Waals surface area contributed by atoms with Crippen LogP contribution in [-0.4, -0.2) is 24.5 Å². The second kappa shape index (κ2) is 8.77. The van der Waals surface area contributed by atoms with E-state index in [1.165, 1.54) is 29.0 Å². The first-order valence-electron chi connectivity index (χ1n) is 8.71. The summed E-state index contributed by atoms with van der Waals surface area (Å²) in [5.41, 5.74) is 1.21. The Bertz CT molecular complexity index is 939. The Kier molecular flexibility index (Phi) is 6.19. The van der Waals surface area contributed by atoms with Crippen molar-refractivity contribution in [3.8, 4) is 0 Å². The van der Waals surface area contributed by atoms with Crippen molar-refractivity contribution in [1.82, 2.24) is 5.32 Å². The lowest BCUT2D eigenvalue weighted by atomic mass is 10.1. The summed E-state index contributed by atoms with van der Waals surface area (Å²) in [5, 5.41) is 3.47. The number of rotatable bonds is 7. The quantitative estimate of drug-likeness (QED) is 0.616. The van der Waals surface area contributed by atoms with Gasteiger partial charge >= 0.3 is 5.97 Å². The van der Waals surface area contributed by atoms with Crippen molar-refractivity contribution in [2.45, 2.75) is 25.8 Å². The molecular weight excluding hydrogens is 365 g/mol. The maximum absolute atomic E-state index is 13.2. The van der Waals surface area contributed by atoms with Gasteiger partial charge in [-0.3, -0.25) is 4.79 Å². The number of aryl methyl sites for hydroxylation is 1. The van der Waals surface area contributed by atoms with Gasteiger partial charge < -0.3 is 10.1 Å². The number of halogens is 1. The van der Waals surface area contributed by atoms with Gasteiger partial charge in [0.25, 0.3) is 5.91 Å². The van der Waals surface area contributed by atoms with E-state index in [2.05, 4.69) is 5.32 Å². The summed E-state index contributed by atoms with van der Waals surface area (Å²) in [6.07, 6.45) is 1.66. The minimum absolute atomic E-state index is 0.0243. The van der Waals surface area contributed by atoms with E-state index >= 15 is 0 Å². The van der Waals surface area contributed by atoms with Crippen LogP contribution < -0.4 is 5.32 Å². The number of hydrogen-bond acceptors (Lipinski definition) is 4. The summed E-state index contributed by atoms with van der Waals surface area (Å²) in [7, 11) is 0. The van der Waals surface area contributed by atoms with Crippen LogP contribution in [0.5, 0.6) is 0 Å². The van der Waals surface area contributed by atoms with Gasteiger partial charge in [-0.15, -0.1) is 11.3 Å². The predicted molar refractivity (Wildman–Crippen MR) is 104 cm³/mol. The average Bonchev–Trinajstić information content (AvgIpc) is 3.08. The molecule has 0 aliphatic carbocycles. The van der Waals surface area contributed by atoms with Gasteiger partial charge in [0, 0.05) is 10.7 Å². The first-order chi connectivity index (χ1) is 13.0. The number of fused-ring (bicyclic) bond motifs is 1. The van der Waals surface area contributed by atoms with Crippen LogP contribution in [0.1, 0.15) is 28.6 Å². The summed E-state index contributed by atoms with van der Waals surface area (Å²) in [5.74, 6) is -1.27. The fourth-order valence-electron chi connectivity index (χ4n) is 2.73. The molecule has 3 aromatic rings. The predicted octanol–water partition coefficient (Wildman–Crippen LogP) is 4.33. The Balaban J connectivity index is 1.45. The molecule has 0 saturated heterocycles. The number of benzene rings is 2. The molecule has 0 bridgehead atoms. The van der Waals surface area contributed by atoms with Gasteiger partial charge in [0.2, 0.25) is 0 Å². The summed E-state index contributed by atoms with van der Waals surface area (Å²) in [4.78, 5) is 24.4. The molecule has 1 aromatic heterocycles. The smallest absolute Gasteiger partial charge is 0.348 e. The molecule has 0 radical (unpaired) electrons. The van der Waals surface area contributed by atoms with E-state index in [1.54, 1.807) is 12.1 Å². The van der Waals surface area contributed by atoms with Crippen molar-refractivity contribution in [3.05, 3.63) is 70.9 Å². The van der Waals surface area contributed by atoms with Crippen molar-refractivity contribution in [2.75, 3.05) is 6.61 Å². The van der Waals surface area contributed by atoms with Crippen LogP contribution in [0.4, 0.5) is 4.39 Å². The normalized spacial score (nSPS) is 11.9. The molecule has 4 nitrogen and oxygen atoms in total. The zero-order valence-electron chi connectivity index (χ0n) is 14.9. The van der Waals surface area contributed by atoms with Gasteiger partial charge in [-0.1, -0.05) is 30.3 Å². The number of nitrogens with one attached hydrogen (secondary N) is 1. The number of hydrogen-bond donors (Lipinski definition) is 1. The lowest BCUT2D eigenvalue weighted by molar-refractivity contribution is -0.124. The van der Waals surface area contributed by atoms with Gasteiger partial charge in [-0.05, 0) is 55.0 Å². The molecule has 140 valence electrons. The monoisotopic (exact) mass is 385 g/mol. The van der Waals surface area contributed by atoms with Crippen molar-refractivity contribution in [2.24, 2.45) is 0 Å². The van der Waals surface area contributed by atoms with Crippen molar-refractivity contribution < 1.29 is 18.7 Å². The first kappa shape index (κ1) is 19.0. The van der Waals surface area contributed by atoms with Crippen molar-refractivity contribution in [1.29, 1.82) is 0 Å². The Hall–Kier alpha value is -2.73. The summed E-state index contributed by atoms with van der Waals surface area (Å²) < 4.78 is 19.1. The first-order valence-corrected chi connectivity index (χ1v) is 9.52. The molecule has 27 heavy (non-hydrogen) atoms. The lowest BCUT2D eigenvalue weighted by Gasteiger charge is -2.13. The second-order valence-corrected chi connectivity index (χ2v) is 7.45. The molecule has 1 amide bonds. The number of amides is 1. The molecule has 0 unspecified atom stereocenters. The Morgan fingerprint density at radius 3 is 2.70 bits per heavy atom. The number of ether oxygens (including phenoxy) is 1. The van der Waals surface area contributed by atoms with Crippen LogP contribution in [0.15, 0.2) is 54.6 Å². The van der Waals surface area contributed by atoms with E-state index in [1.807, 2.05) is 37.3 Å². The van der Waals surface area contributed by atoms with Crippen LogP contribution >= 0.6 is 11.3 Å². The number of carbonyl (C=O) groups is 2. The minimum atomic E-state index is -0.580. The lowest BCUT2D eigenvalue weighted by Crippen LogP contribution is -2.36. The van der Waals surface area contributed by atoms with Gasteiger partial charge in [0.1, 0.15) is 10.7 Å². The van der Waals surface area contributed by atoms with Gasteiger partial charge in [0.05, 0.1) is 0 Å². The van der Waals surface area contributed by atoms with Crippen molar-refractivity contribution >= 4 is 33.3 Å². The third kappa shape index (κ3) is 5.37. The minimum Gasteiger partial charge on any atom is -0.451 e. The van der Waals surface area contributed by atoms with Crippen LogP contribution in [0.2, 0.25) is 0 Å². The molecule has 2 aromatic carbocycles. The molecule has 1 heterocycles. The molecule has 0 saturated carbocycles. The van der Waals surface area contributed by atoms with Crippen LogP contribution in [0.25, 0.3) is 10.1 Å². The van der Waals surface area contributed by atoms with Crippen molar-refractivity contribution in [3.63, 3.8) is 0 Å². The zero-order chi connectivity index (χ0) is 19.2. The zero-order valence-corrected chi connectivity index (χ0v) is 15.7. The van der Waals surface area contributed by atoms with Gasteiger partial charge in [0.15, 0.2) is 6.61 Å². The van der Waals surface area contributed by atoms with E-state index in [4.69, 9.17) is 4.74 Å². The second-order valence-electron chi connectivity index (χ2n) is 6.36. The van der Waals surface area contributed by atoms with Gasteiger partial charge in [-0.2, -0.15) is 0 Å². The third-order valence-corrected chi connectivity index (χ3v) is 5.23. The molecule has 6 heteroatoms. The highest BCUT2D eigenvalue weighted by atomic mass is 32.1. The molecule has 1 atom stereocenters. The van der Waals surface area contributed by atoms with E-state index in [9.17, 15) is 14.0 Å². The molecule has 3 rings (SSSR count). The SMILES string of the molecule is C[C@@H](CCc1ccccc1)NC(=O)COC(=O)c1cc2cc(F)ccc2s1. The highest BCUT2D eigenvalue weighted by Gasteiger charge is 2.15. The molecule has 0 aliphatic heterocycles. The molecule has 0 spiro atoms. The van der Waals surface area contributed by atoms with E-state index in [-0.39, 0.29) is 24.4 Å². The molecule has 0 aliphatic rings. The number of thiophene rings is 1. The van der Waals surface area contributed by atoms with E-state index < -0.39 is 5.97 Å². The average molecular weight is 385 g/mol. The highest BCUT2D eigenvalue weighted by molar-refractivity contribution is 7.20. The largest absolute Gasteiger partial charge is 0.451 e. The molecule has 0 fully saturated rings. The summed E-state index contributed by atoms with van der Waals surface area (Å²) in [6, 6.07) is 15.9. The highest BCUT2D eigenvalue weighted by Crippen LogP contribution is 2.26. The maximum Gasteiger partial charge on any atom is 0.348 e. The van der Waals surface area contributed by atoms with Crippen LogP contribution in [0.3, 0.4) is 0 Å². The fourth-order valence-corrected chi connectivity index (χ4v) is 3.67.